The normalized spacial score (nSPS) is 18.3. The first-order chi connectivity index (χ1) is 8.16. The quantitative estimate of drug-likeness (QED) is 0.869. The Kier molecular flexibility index (Phi) is 4.00. The number of rotatable bonds is 4. The monoisotopic (exact) mass is 233 g/mol. The fourth-order valence-corrected chi connectivity index (χ4v) is 2.58. The minimum atomic E-state index is 0.0178. The molecule has 17 heavy (non-hydrogen) atoms. The molecule has 1 aliphatic carbocycles. The lowest BCUT2D eigenvalue weighted by molar-refractivity contribution is 0.546. The molecule has 1 unspecified atom stereocenters. The van der Waals surface area contributed by atoms with Gasteiger partial charge >= 0.3 is 0 Å². The van der Waals surface area contributed by atoms with Gasteiger partial charge in [-0.1, -0.05) is 12.8 Å². The second-order valence-corrected chi connectivity index (χ2v) is 5.26. The predicted molar refractivity (Wildman–Crippen MR) is 72.1 cm³/mol. The second-order valence-electron chi connectivity index (χ2n) is 5.26. The lowest BCUT2D eigenvalue weighted by atomic mass is 10.1. The van der Waals surface area contributed by atoms with Gasteiger partial charge in [0.25, 0.3) is 0 Å². The van der Waals surface area contributed by atoms with Gasteiger partial charge in [0.1, 0.15) is 0 Å². The van der Waals surface area contributed by atoms with Crippen LogP contribution in [0.25, 0.3) is 0 Å². The van der Waals surface area contributed by atoms with E-state index in [0.29, 0.717) is 0 Å². The highest BCUT2D eigenvalue weighted by molar-refractivity contribution is 5.43. The van der Waals surface area contributed by atoms with Gasteiger partial charge in [0, 0.05) is 19.6 Å². The summed E-state index contributed by atoms with van der Waals surface area (Å²) in [5, 5.41) is 0. The van der Waals surface area contributed by atoms with Crippen molar-refractivity contribution in [3.8, 4) is 0 Å². The molecule has 1 aliphatic rings. The van der Waals surface area contributed by atoms with Gasteiger partial charge < -0.3 is 10.6 Å². The number of nitrogens with zero attached hydrogens (tertiary/aromatic N) is 2. The summed E-state index contributed by atoms with van der Waals surface area (Å²) in [6.07, 6.45) is 7.51. The number of hydrogen-bond acceptors (Lipinski definition) is 3. The predicted octanol–water partition coefficient (Wildman–Crippen LogP) is 2.73. The average Bonchev–Trinajstić information content (AvgIpc) is 2.82. The molecule has 0 spiro atoms. The Morgan fingerprint density at radius 2 is 2.12 bits per heavy atom. The van der Waals surface area contributed by atoms with Gasteiger partial charge in [-0.05, 0) is 37.8 Å². The van der Waals surface area contributed by atoms with Gasteiger partial charge in [0.05, 0.1) is 17.6 Å². The van der Waals surface area contributed by atoms with Crippen molar-refractivity contribution in [1.29, 1.82) is 0 Å². The summed E-state index contributed by atoms with van der Waals surface area (Å²) < 4.78 is 0. The zero-order chi connectivity index (χ0) is 12.3. The van der Waals surface area contributed by atoms with Crippen molar-refractivity contribution in [3.63, 3.8) is 0 Å². The molecule has 1 heterocycles. The minimum absolute atomic E-state index is 0.0178. The Balaban J connectivity index is 1.96. The summed E-state index contributed by atoms with van der Waals surface area (Å²) in [7, 11) is 2.15. The second kappa shape index (κ2) is 5.50. The molecule has 1 aromatic rings. The number of hydrogen-bond donors (Lipinski definition) is 1. The van der Waals surface area contributed by atoms with Crippen LogP contribution in [0.4, 0.5) is 5.69 Å². The third-order valence-corrected chi connectivity index (χ3v) is 3.68. The van der Waals surface area contributed by atoms with Gasteiger partial charge in [0.15, 0.2) is 0 Å². The van der Waals surface area contributed by atoms with E-state index < -0.39 is 0 Å². The maximum absolute atomic E-state index is 5.80. The van der Waals surface area contributed by atoms with Crippen LogP contribution in [-0.4, -0.2) is 18.6 Å². The highest BCUT2D eigenvalue weighted by Crippen LogP contribution is 2.26. The molecule has 1 fully saturated rings. The molecule has 0 radical (unpaired) electrons. The zero-order valence-electron chi connectivity index (χ0n) is 10.9. The number of pyridine rings is 1. The van der Waals surface area contributed by atoms with E-state index >= 15 is 0 Å². The van der Waals surface area contributed by atoms with E-state index in [2.05, 4.69) is 23.0 Å². The van der Waals surface area contributed by atoms with Gasteiger partial charge in [-0.15, -0.1) is 0 Å². The highest BCUT2D eigenvalue weighted by Gasteiger charge is 2.17. The molecule has 0 bridgehead atoms. The molecule has 0 saturated heterocycles. The van der Waals surface area contributed by atoms with Crippen molar-refractivity contribution < 1.29 is 0 Å². The fourth-order valence-electron chi connectivity index (χ4n) is 2.58. The molecule has 0 amide bonds. The Bertz CT molecular complexity index is 339. The zero-order valence-corrected chi connectivity index (χ0v) is 10.9. The van der Waals surface area contributed by atoms with Crippen LogP contribution in [0.1, 0.15) is 44.3 Å². The van der Waals surface area contributed by atoms with Crippen molar-refractivity contribution in [2.45, 2.75) is 38.6 Å². The first-order valence-electron chi connectivity index (χ1n) is 6.59. The summed E-state index contributed by atoms with van der Waals surface area (Å²) in [6, 6.07) is 4.18. The topological polar surface area (TPSA) is 42.1 Å². The number of nitrogens with two attached hydrogens (primary N) is 1. The molecule has 1 saturated carbocycles. The van der Waals surface area contributed by atoms with Crippen LogP contribution in [0.2, 0.25) is 0 Å². The Hall–Kier alpha value is -1.09. The Morgan fingerprint density at radius 3 is 2.65 bits per heavy atom. The average molecular weight is 233 g/mol. The smallest absolute Gasteiger partial charge is 0.0569 e. The minimum Gasteiger partial charge on any atom is -0.373 e. The van der Waals surface area contributed by atoms with Gasteiger partial charge in [-0.3, -0.25) is 4.98 Å². The first kappa shape index (κ1) is 12.4. The van der Waals surface area contributed by atoms with Gasteiger partial charge in [-0.25, -0.2) is 0 Å². The molecule has 0 aliphatic heterocycles. The van der Waals surface area contributed by atoms with Crippen molar-refractivity contribution in [3.05, 3.63) is 24.0 Å². The summed E-state index contributed by atoms with van der Waals surface area (Å²) >= 11 is 0. The molecule has 2 N–H and O–H groups in total. The van der Waals surface area contributed by atoms with E-state index in [1.165, 1.54) is 31.4 Å². The molecule has 94 valence electrons. The maximum Gasteiger partial charge on any atom is 0.0569 e. The maximum atomic E-state index is 5.80. The van der Waals surface area contributed by atoms with E-state index in [1.807, 2.05) is 19.2 Å². The van der Waals surface area contributed by atoms with Crippen molar-refractivity contribution in [2.75, 3.05) is 18.5 Å². The number of anilines is 1. The third-order valence-electron chi connectivity index (χ3n) is 3.68. The van der Waals surface area contributed by atoms with Crippen LogP contribution in [0.5, 0.6) is 0 Å². The van der Waals surface area contributed by atoms with E-state index in [4.69, 9.17) is 5.73 Å². The third kappa shape index (κ3) is 3.19. The molecule has 3 nitrogen and oxygen atoms in total. The van der Waals surface area contributed by atoms with E-state index in [1.54, 1.807) is 0 Å². The molecule has 2 rings (SSSR count). The molecular formula is C14H23N3. The van der Waals surface area contributed by atoms with Crippen molar-refractivity contribution in [1.82, 2.24) is 4.98 Å². The van der Waals surface area contributed by atoms with Gasteiger partial charge in [0.2, 0.25) is 0 Å². The van der Waals surface area contributed by atoms with Crippen molar-refractivity contribution >= 4 is 5.69 Å². The standard InChI is InChI=1S/C14H23N3/c1-11(15)14-8-7-13(9-16-14)17(2)10-12-5-3-4-6-12/h7-9,11-12H,3-6,10,15H2,1-2H3. The van der Waals surface area contributed by atoms with Crippen LogP contribution in [-0.2, 0) is 0 Å². The van der Waals surface area contributed by atoms with E-state index in [9.17, 15) is 0 Å². The molecule has 1 atom stereocenters. The van der Waals surface area contributed by atoms with Crippen LogP contribution in [0.3, 0.4) is 0 Å². The summed E-state index contributed by atoms with van der Waals surface area (Å²) in [6.45, 7) is 3.11. The van der Waals surface area contributed by atoms with Crippen LogP contribution >= 0.6 is 0 Å². The number of aromatic nitrogens is 1. The Labute approximate surface area is 104 Å². The lowest BCUT2D eigenvalue weighted by Crippen LogP contribution is -2.24. The molecular weight excluding hydrogens is 210 g/mol. The molecule has 0 aromatic carbocycles. The van der Waals surface area contributed by atoms with Crippen LogP contribution in [0.15, 0.2) is 18.3 Å². The molecule has 3 heteroatoms. The lowest BCUT2D eigenvalue weighted by Gasteiger charge is -2.23. The summed E-state index contributed by atoms with van der Waals surface area (Å²) in [5.74, 6) is 0.869. The van der Waals surface area contributed by atoms with Crippen LogP contribution in [0, 0.1) is 5.92 Å². The fraction of sp³-hybridized carbons (Fsp3) is 0.643. The van der Waals surface area contributed by atoms with Gasteiger partial charge in [-0.2, -0.15) is 0 Å². The van der Waals surface area contributed by atoms with E-state index in [-0.39, 0.29) is 6.04 Å². The Morgan fingerprint density at radius 1 is 1.41 bits per heavy atom. The largest absolute Gasteiger partial charge is 0.373 e. The van der Waals surface area contributed by atoms with E-state index in [0.717, 1.165) is 18.2 Å². The molecule has 1 aromatic heterocycles. The summed E-state index contributed by atoms with van der Waals surface area (Å²) in [4.78, 5) is 6.72. The summed E-state index contributed by atoms with van der Waals surface area (Å²) in [5.41, 5.74) is 7.95. The van der Waals surface area contributed by atoms with Crippen molar-refractivity contribution in [2.24, 2.45) is 11.7 Å². The first-order valence-corrected chi connectivity index (χ1v) is 6.59. The highest BCUT2D eigenvalue weighted by atomic mass is 15.1. The SMILES string of the molecule is CC(N)c1ccc(N(C)CC2CCCC2)cn1. The van der Waals surface area contributed by atoms with Crippen LogP contribution < -0.4 is 10.6 Å².